The van der Waals surface area contributed by atoms with Crippen molar-refractivity contribution in [3.8, 4) is 22.3 Å². The summed E-state index contributed by atoms with van der Waals surface area (Å²) in [5.41, 5.74) is 11.4. The number of pyridine rings is 1. The number of carbonyl (C=O) groups is 2. The molecule has 1 aliphatic rings. The molecule has 1 aromatic heterocycles. The van der Waals surface area contributed by atoms with Gasteiger partial charge in [-0.3, -0.25) is 9.69 Å². The maximum absolute atomic E-state index is 13.4. The van der Waals surface area contributed by atoms with Gasteiger partial charge in [-0.2, -0.15) is 0 Å². The number of nitrogens with one attached hydrogen (secondary N) is 1. The lowest BCUT2D eigenvalue weighted by Gasteiger charge is -2.27. The Morgan fingerprint density at radius 1 is 0.921 bits per heavy atom. The number of nitrogen functional groups attached to an aromatic ring is 1. The molecule has 1 aliphatic heterocycles. The number of aliphatic hydroxyl groups is 1. The van der Waals surface area contributed by atoms with Gasteiger partial charge in [-0.05, 0) is 46.4 Å². The Morgan fingerprint density at radius 3 is 2.34 bits per heavy atom. The molecule has 0 bridgehead atoms. The highest BCUT2D eigenvalue weighted by Crippen LogP contribution is 2.35. The van der Waals surface area contributed by atoms with Gasteiger partial charge < -0.3 is 21.3 Å². The van der Waals surface area contributed by atoms with Crippen molar-refractivity contribution < 1.29 is 19.8 Å². The van der Waals surface area contributed by atoms with E-state index in [2.05, 4.69) is 10.3 Å². The number of carbonyl (C=O) groups excluding carboxylic acids is 1. The van der Waals surface area contributed by atoms with E-state index in [9.17, 15) is 19.8 Å². The third-order valence-electron chi connectivity index (χ3n) is 6.93. The van der Waals surface area contributed by atoms with E-state index in [4.69, 9.17) is 5.73 Å². The Kier molecular flexibility index (Phi) is 7.06. The summed E-state index contributed by atoms with van der Waals surface area (Å²) in [4.78, 5) is 31.1. The minimum atomic E-state index is -1.04. The number of carboxylic acid groups (broad SMARTS) is 1. The van der Waals surface area contributed by atoms with Crippen molar-refractivity contribution in [1.82, 2.24) is 15.2 Å². The van der Waals surface area contributed by atoms with Crippen LogP contribution in [0.2, 0.25) is 0 Å². The number of hydrogen-bond acceptors (Lipinski definition) is 5. The SMILES string of the molecule is Nc1ncc(-c2ccc(CO)cc2)cc1C(=O)NC1CCN(C(=O)O)C1c1cccc(-c2ccccc2)c1. The number of rotatable bonds is 6. The van der Waals surface area contributed by atoms with Gasteiger partial charge in [0.05, 0.1) is 24.3 Å². The van der Waals surface area contributed by atoms with Crippen molar-refractivity contribution in [2.75, 3.05) is 12.3 Å². The summed E-state index contributed by atoms with van der Waals surface area (Å²) in [5.74, 6) is -0.320. The number of nitrogens with zero attached hydrogens (tertiary/aromatic N) is 2. The Balaban J connectivity index is 1.43. The summed E-state index contributed by atoms with van der Waals surface area (Å²) in [7, 11) is 0. The molecule has 2 heterocycles. The van der Waals surface area contributed by atoms with Crippen molar-refractivity contribution in [2.24, 2.45) is 0 Å². The Hall–Kier alpha value is -4.69. The zero-order valence-corrected chi connectivity index (χ0v) is 20.6. The quantitative estimate of drug-likeness (QED) is 0.298. The third kappa shape index (κ3) is 5.07. The molecule has 8 nitrogen and oxygen atoms in total. The van der Waals surface area contributed by atoms with Gasteiger partial charge in [0.25, 0.3) is 5.91 Å². The van der Waals surface area contributed by atoms with Crippen molar-refractivity contribution in [3.63, 3.8) is 0 Å². The molecule has 2 amide bonds. The van der Waals surface area contributed by atoms with Crippen molar-refractivity contribution in [1.29, 1.82) is 0 Å². The Bertz CT molecular complexity index is 1460. The molecule has 192 valence electrons. The van der Waals surface area contributed by atoms with Crippen LogP contribution >= 0.6 is 0 Å². The van der Waals surface area contributed by atoms with E-state index in [0.717, 1.165) is 27.8 Å². The molecule has 4 aromatic rings. The first kappa shape index (κ1) is 25.0. The highest BCUT2D eigenvalue weighted by atomic mass is 16.4. The lowest BCUT2D eigenvalue weighted by molar-refractivity contribution is 0.0919. The Labute approximate surface area is 220 Å². The smallest absolute Gasteiger partial charge is 0.407 e. The molecule has 0 radical (unpaired) electrons. The predicted octanol–water partition coefficient (Wildman–Crippen LogP) is 4.71. The molecule has 2 atom stereocenters. The summed E-state index contributed by atoms with van der Waals surface area (Å²) in [6.45, 7) is 0.240. The molecule has 3 aromatic carbocycles. The minimum absolute atomic E-state index is 0.0574. The molecule has 8 heteroatoms. The van der Waals surface area contributed by atoms with Crippen molar-refractivity contribution >= 4 is 17.8 Å². The first-order valence-corrected chi connectivity index (χ1v) is 12.4. The Morgan fingerprint density at radius 2 is 1.63 bits per heavy atom. The van der Waals surface area contributed by atoms with Crippen molar-refractivity contribution in [2.45, 2.75) is 25.1 Å². The van der Waals surface area contributed by atoms with E-state index < -0.39 is 24.1 Å². The highest BCUT2D eigenvalue weighted by molar-refractivity contribution is 5.99. The van der Waals surface area contributed by atoms with Gasteiger partial charge in [0, 0.05) is 18.3 Å². The second-order valence-corrected chi connectivity index (χ2v) is 9.29. The zero-order chi connectivity index (χ0) is 26.6. The van der Waals surface area contributed by atoms with Crippen LogP contribution < -0.4 is 11.1 Å². The second kappa shape index (κ2) is 10.7. The number of aromatic nitrogens is 1. The van der Waals surface area contributed by atoms with Crippen LogP contribution in [0.3, 0.4) is 0 Å². The van der Waals surface area contributed by atoms with E-state index in [1.807, 2.05) is 66.7 Å². The molecule has 0 saturated carbocycles. The average molecular weight is 509 g/mol. The largest absolute Gasteiger partial charge is 0.465 e. The molecule has 5 rings (SSSR count). The van der Waals surface area contributed by atoms with Crippen LogP contribution in [-0.4, -0.2) is 44.7 Å². The van der Waals surface area contributed by atoms with E-state index in [1.165, 1.54) is 4.90 Å². The number of amides is 2. The topological polar surface area (TPSA) is 129 Å². The van der Waals surface area contributed by atoms with Gasteiger partial charge in [-0.25, -0.2) is 9.78 Å². The maximum atomic E-state index is 13.4. The fraction of sp³-hybridized carbons (Fsp3) is 0.167. The molecular formula is C30H28N4O4. The van der Waals surface area contributed by atoms with E-state index in [1.54, 1.807) is 24.4 Å². The number of hydrogen-bond donors (Lipinski definition) is 4. The summed E-state index contributed by atoms with van der Waals surface area (Å²) >= 11 is 0. The van der Waals surface area contributed by atoms with Crippen LogP contribution in [0.5, 0.6) is 0 Å². The maximum Gasteiger partial charge on any atom is 0.407 e. The van der Waals surface area contributed by atoms with Crippen LogP contribution in [0.1, 0.15) is 33.9 Å². The van der Waals surface area contributed by atoms with Gasteiger partial charge in [-0.1, -0.05) is 72.8 Å². The number of likely N-dealkylation sites (tertiary alicyclic amines) is 1. The van der Waals surface area contributed by atoms with Gasteiger partial charge >= 0.3 is 6.09 Å². The first-order valence-electron chi connectivity index (χ1n) is 12.4. The zero-order valence-electron chi connectivity index (χ0n) is 20.6. The molecule has 0 spiro atoms. The van der Waals surface area contributed by atoms with Crippen LogP contribution in [0.4, 0.5) is 10.6 Å². The van der Waals surface area contributed by atoms with E-state index in [-0.39, 0.29) is 18.0 Å². The van der Waals surface area contributed by atoms with E-state index in [0.29, 0.717) is 18.5 Å². The highest BCUT2D eigenvalue weighted by Gasteiger charge is 2.39. The summed E-state index contributed by atoms with van der Waals surface area (Å²) < 4.78 is 0. The van der Waals surface area contributed by atoms with Gasteiger partial charge in [-0.15, -0.1) is 0 Å². The number of benzene rings is 3. The lowest BCUT2D eigenvalue weighted by Crippen LogP contribution is -2.41. The number of aliphatic hydroxyl groups excluding tert-OH is 1. The third-order valence-corrected chi connectivity index (χ3v) is 6.93. The lowest BCUT2D eigenvalue weighted by atomic mass is 9.95. The van der Waals surface area contributed by atoms with Crippen LogP contribution in [0.25, 0.3) is 22.3 Å². The fourth-order valence-electron chi connectivity index (χ4n) is 4.97. The van der Waals surface area contributed by atoms with Gasteiger partial charge in [0.2, 0.25) is 0 Å². The monoisotopic (exact) mass is 508 g/mol. The van der Waals surface area contributed by atoms with Crippen LogP contribution in [0.15, 0.2) is 91.1 Å². The van der Waals surface area contributed by atoms with Crippen LogP contribution in [-0.2, 0) is 6.61 Å². The van der Waals surface area contributed by atoms with Crippen LogP contribution in [0, 0.1) is 0 Å². The first-order chi connectivity index (χ1) is 18.4. The molecule has 2 unspecified atom stereocenters. The number of nitrogens with two attached hydrogens (primary N) is 1. The molecule has 5 N–H and O–H groups in total. The predicted molar refractivity (Wildman–Crippen MR) is 145 cm³/mol. The summed E-state index contributed by atoms with van der Waals surface area (Å²) in [6, 6.07) is 25.6. The van der Waals surface area contributed by atoms with Gasteiger partial charge in [0.1, 0.15) is 5.82 Å². The van der Waals surface area contributed by atoms with Gasteiger partial charge in [0.15, 0.2) is 0 Å². The molecule has 38 heavy (non-hydrogen) atoms. The molecule has 0 aliphatic carbocycles. The molecule has 1 saturated heterocycles. The number of anilines is 1. The summed E-state index contributed by atoms with van der Waals surface area (Å²) in [6.07, 6.45) is 1.03. The minimum Gasteiger partial charge on any atom is -0.465 e. The fourth-order valence-corrected chi connectivity index (χ4v) is 4.97. The standard InChI is InChI=1S/C30H28N4O4/c31-28-25(16-24(17-32-28)21-11-9-19(18-35)10-12-21)29(36)33-26-13-14-34(30(37)38)27(26)23-8-4-7-22(15-23)20-5-2-1-3-6-20/h1-12,15-17,26-27,35H,13-14,18H2,(H2,31,32)(H,33,36)(H,37,38). The van der Waals surface area contributed by atoms with Crippen molar-refractivity contribution in [3.05, 3.63) is 108 Å². The second-order valence-electron chi connectivity index (χ2n) is 9.29. The molecule has 1 fully saturated rings. The van der Waals surface area contributed by atoms with E-state index >= 15 is 0 Å². The summed E-state index contributed by atoms with van der Waals surface area (Å²) in [5, 5.41) is 22.2. The molecular weight excluding hydrogens is 480 g/mol. The average Bonchev–Trinajstić information content (AvgIpc) is 3.37. The normalized spacial score (nSPS) is 16.8.